The number of rotatable bonds is 3. The van der Waals surface area contributed by atoms with Gasteiger partial charge in [-0.05, 0) is 30.9 Å². The maximum absolute atomic E-state index is 12.7. The fourth-order valence-electron chi connectivity index (χ4n) is 2.30. The van der Waals surface area contributed by atoms with Crippen molar-refractivity contribution in [2.45, 2.75) is 30.4 Å². The molecule has 0 amide bonds. The molecule has 0 bridgehead atoms. The smallest absolute Gasteiger partial charge is 0.341 e. The predicted octanol–water partition coefficient (Wildman–Crippen LogP) is 2.92. The minimum absolute atomic E-state index is 0.264. The van der Waals surface area contributed by atoms with E-state index in [-0.39, 0.29) is 4.90 Å². The third-order valence-corrected chi connectivity index (χ3v) is 4.96. The molecule has 19 heavy (non-hydrogen) atoms. The highest BCUT2D eigenvalue weighted by Crippen LogP contribution is 2.31. The van der Waals surface area contributed by atoms with E-state index in [9.17, 15) is 17.2 Å². The molecule has 106 valence electrons. The monoisotopic (exact) mass is 289 g/mol. The minimum atomic E-state index is -4.55. The van der Waals surface area contributed by atoms with E-state index in [1.165, 1.54) is 12.1 Å². The van der Waals surface area contributed by atoms with Crippen LogP contribution in [-0.4, -0.2) is 27.3 Å². The van der Waals surface area contributed by atoms with Crippen molar-refractivity contribution >= 4 is 15.5 Å². The summed E-state index contributed by atoms with van der Waals surface area (Å²) in [6.45, 7) is 3.55. The molecule has 0 aliphatic carbocycles. The topological polar surface area (TPSA) is 37.4 Å². The van der Waals surface area contributed by atoms with E-state index in [2.05, 4.69) is 6.92 Å². The SMILES string of the molecule is CC1CCN(c2ccccc2S(=O)(=O)C(F)F)CC1. The van der Waals surface area contributed by atoms with E-state index in [1.54, 1.807) is 12.1 Å². The predicted molar refractivity (Wildman–Crippen MR) is 70.2 cm³/mol. The highest BCUT2D eigenvalue weighted by Gasteiger charge is 2.31. The lowest BCUT2D eigenvalue weighted by molar-refractivity contribution is 0.234. The summed E-state index contributed by atoms with van der Waals surface area (Å²) in [6, 6.07) is 6.02. The Morgan fingerprint density at radius 3 is 2.37 bits per heavy atom. The Morgan fingerprint density at radius 2 is 1.79 bits per heavy atom. The van der Waals surface area contributed by atoms with Gasteiger partial charge in [0.1, 0.15) is 0 Å². The first-order valence-electron chi connectivity index (χ1n) is 6.29. The summed E-state index contributed by atoms with van der Waals surface area (Å²) >= 11 is 0. The first-order chi connectivity index (χ1) is 8.93. The van der Waals surface area contributed by atoms with Crippen LogP contribution < -0.4 is 4.90 Å². The fourth-order valence-corrected chi connectivity index (χ4v) is 3.25. The highest BCUT2D eigenvalue weighted by molar-refractivity contribution is 7.91. The van der Waals surface area contributed by atoms with Crippen molar-refractivity contribution in [1.29, 1.82) is 0 Å². The van der Waals surface area contributed by atoms with Gasteiger partial charge in [0, 0.05) is 13.1 Å². The van der Waals surface area contributed by atoms with Crippen LogP contribution in [0, 0.1) is 5.92 Å². The number of anilines is 1. The van der Waals surface area contributed by atoms with E-state index in [0.29, 0.717) is 24.7 Å². The van der Waals surface area contributed by atoms with Crippen molar-refractivity contribution in [2.24, 2.45) is 5.92 Å². The molecular weight excluding hydrogens is 272 g/mol. The van der Waals surface area contributed by atoms with Gasteiger partial charge in [-0.2, -0.15) is 8.78 Å². The zero-order valence-corrected chi connectivity index (χ0v) is 11.5. The maximum atomic E-state index is 12.7. The van der Waals surface area contributed by atoms with Gasteiger partial charge in [0.15, 0.2) is 0 Å². The van der Waals surface area contributed by atoms with Crippen LogP contribution in [0.1, 0.15) is 19.8 Å². The average Bonchev–Trinajstić information content (AvgIpc) is 2.39. The van der Waals surface area contributed by atoms with Crippen LogP contribution in [-0.2, 0) is 9.84 Å². The van der Waals surface area contributed by atoms with Crippen LogP contribution in [0.25, 0.3) is 0 Å². The standard InChI is InChI=1S/C13H17F2NO2S/c1-10-6-8-16(9-7-10)11-4-2-3-5-12(11)19(17,18)13(14)15/h2-5,10,13H,6-9H2,1H3. The third kappa shape index (κ3) is 2.88. The van der Waals surface area contributed by atoms with E-state index < -0.39 is 15.6 Å². The van der Waals surface area contributed by atoms with Gasteiger partial charge in [0.2, 0.25) is 9.84 Å². The Balaban J connectivity index is 2.37. The Morgan fingerprint density at radius 1 is 1.21 bits per heavy atom. The van der Waals surface area contributed by atoms with E-state index in [1.807, 2.05) is 4.90 Å². The molecule has 0 unspecified atom stereocenters. The zero-order chi connectivity index (χ0) is 14.0. The molecule has 1 heterocycles. The molecule has 1 aliphatic rings. The molecule has 3 nitrogen and oxygen atoms in total. The first kappa shape index (κ1) is 14.2. The number of piperidine rings is 1. The van der Waals surface area contributed by atoms with Crippen LogP contribution in [0.15, 0.2) is 29.2 Å². The second kappa shape index (κ2) is 5.45. The quantitative estimate of drug-likeness (QED) is 0.858. The molecule has 1 saturated heterocycles. The van der Waals surface area contributed by atoms with Gasteiger partial charge in [-0.3, -0.25) is 0 Å². The summed E-state index contributed by atoms with van der Waals surface area (Å²) in [6.07, 6.45) is 1.89. The van der Waals surface area contributed by atoms with Crippen molar-refractivity contribution in [3.8, 4) is 0 Å². The van der Waals surface area contributed by atoms with Crippen molar-refractivity contribution in [3.05, 3.63) is 24.3 Å². The fraction of sp³-hybridized carbons (Fsp3) is 0.538. The van der Waals surface area contributed by atoms with E-state index >= 15 is 0 Å². The minimum Gasteiger partial charge on any atom is -0.370 e. The molecule has 0 radical (unpaired) electrons. The average molecular weight is 289 g/mol. The number of sulfone groups is 1. The van der Waals surface area contributed by atoms with Gasteiger partial charge >= 0.3 is 5.76 Å². The molecule has 0 atom stereocenters. The van der Waals surface area contributed by atoms with Crippen LogP contribution in [0.4, 0.5) is 14.5 Å². The third-order valence-electron chi connectivity index (χ3n) is 3.53. The van der Waals surface area contributed by atoms with Gasteiger partial charge < -0.3 is 4.90 Å². The zero-order valence-electron chi connectivity index (χ0n) is 10.7. The number of para-hydroxylation sites is 1. The summed E-state index contributed by atoms with van der Waals surface area (Å²) in [5.41, 5.74) is 0.398. The van der Waals surface area contributed by atoms with Crippen LogP contribution in [0.3, 0.4) is 0 Å². The summed E-state index contributed by atoms with van der Waals surface area (Å²) in [7, 11) is -4.55. The van der Waals surface area contributed by atoms with Gasteiger partial charge in [-0.15, -0.1) is 0 Å². The van der Waals surface area contributed by atoms with Crippen LogP contribution in [0.5, 0.6) is 0 Å². The van der Waals surface area contributed by atoms with Crippen LogP contribution in [0.2, 0.25) is 0 Å². The number of nitrogens with zero attached hydrogens (tertiary/aromatic N) is 1. The lowest BCUT2D eigenvalue weighted by Crippen LogP contribution is -2.34. The molecule has 0 aromatic heterocycles. The molecule has 0 spiro atoms. The van der Waals surface area contributed by atoms with E-state index in [4.69, 9.17) is 0 Å². The molecule has 0 saturated carbocycles. The highest BCUT2D eigenvalue weighted by atomic mass is 32.2. The molecular formula is C13H17F2NO2S. The Kier molecular flexibility index (Phi) is 4.08. The molecule has 1 aliphatic heterocycles. The molecule has 6 heteroatoms. The molecule has 2 rings (SSSR count). The lowest BCUT2D eigenvalue weighted by Gasteiger charge is -2.33. The number of alkyl halides is 2. The summed E-state index contributed by atoms with van der Waals surface area (Å²) in [5.74, 6) is -2.78. The normalized spacial score (nSPS) is 18.0. The number of hydrogen-bond acceptors (Lipinski definition) is 3. The Hall–Kier alpha value is -1.17. The van der Waals surface area contributed by atoms with Gasteiger partial charge in [0.25, 0.3) is 0 Å². The first-order valence-corrected chi connectivity index (χ1v) is 7.83. The summed E-state index contributed by atoms with van der Waals surface area (Å²) < 4.78 is 48.8. The van der Waals surface area contributed by atoms with Crippen molar-refractivity contribution < 1.29 is 17.2 Å². The Bertz CT molecular complexity index is 537. The summed E-state index contributed by atoms with van der Waals surface area (Å²) in [4.78, 5) is 1.62. The largest absolute Gasteiger partial charge is 0.370 e. The number of halogens is 2. The van der Waals surface area contributed by atoms with E-state index in [0.717, 1.165) is 12.8 Å². The number of hydrogen-bond donors (Lipinski definition) is 0. The molecule has 1 aromatic rings. The lowest BCUT2D eigenvalue weighted by atomic mass is 9.99. The second-order valence-electron chi connectivity index (χ2n) is 4.94. The maximum Gasteiger partial charge on any atom is 0.341 e. The summed E-state index contributed by atoms with van der Waals surface area (Å²) in [5, 5.41) is 0. The van der Waals surface area contributed by atoms with Crippen LogP contribution >= 0.6 is 0 Å². The molecule has 0 N–H and O–H groups in total. The van der Waals surface area contributed by atoms with Crippen molar-refractivity contribution in [1.82, 2.24) is 0 Å². The van der Waals surface area contributed by atoms with Crippen molar-refractivity contribution in [2.75, 3.05) is 18.0 Å². The van der Waals surface area contributed by atoms with Gasteiger partial charge in [0.05, 0.1) is 10.6 Å². The molecule has 1 aromatic carbocycles. The van der Waals surface area contributed by atoms with Gasteiger partial charge in [-0.25, -0.2) is 8.42 Å². The van der Waals surface area contributed by atoms with Gasteiger partial charge in [-0.1, -0.05) is 19.1 Å². The molecule has 1 fully saturated rings. The number of benzene rings is 1. The second-order valence-corrected chi connectivity index (χ2v) is 6.83. The Labute approximate surface area is 112 Å². The van der Waals surface area contributed by atoms with Crippen molar-refractivity contribution in [3.63, 3.8) is 0 Å².